The summed E-state index contributed by atoms with van der Waals surface area (Å²) in [5.74, 6) is 0.876. The predicted octanol–water partition coefficient (Wildman–Crippen LogP) is 4.20. The molecule has 0 bridgehead atoms. The molecule has 0 fully saturated rings. The molecule has 1 aromatic carbocycles. The van der Waals surface area contributed by atoms with Crippen LogP contribution in [0.1, 0.15) is 17.6 Å². The van der Waals surface area contributed by atoms with Crippen molar-refractivity contribution in [3.8, 4) is 0 Å². The van der Waals surface area contributed by atoms with Gasteiger partial charge in [0, 0.05) is 16.8 Å². The lowest BCUT2D eigenvalue weighted by molar-refractivity contribution is 0.713. The number of thiazole rings is 1. The van der Waals surface area contributed by atoms with Gasteiger partial charge < -0.3 is 5.32 Å². The van der Waals surface area contributed by atoms with Crippen LogP contribution in [0.3, 0.4) is 0 Å². The fourth-order valence-corrected chi connectivity index (χ4v) is 3.50. The molecule has 0 atom stereocenters. The number of thioether (sulfide) groups is 1. The van der Waals surface area contributed by atoms with Crippen LogP contribution in [0.25, 0.3) is 0 Å². The zero-order valence-corrected chi connectivity index (χ0v) is 12.5. The number of nitrogens with one attached hydrogen (secondary N) is 1. The van der Waals surface area contributed by atoms with Crippen LogP contribution in [-0.2, 0) is 12.3 Å². The molecule has 1 aromatic heterocycles. The van der Waals surface area contributed by atoms with Gasteiger partial charge in [-0.05, 0) is 18.7 Å². The summed E-state index contributed by atoms with van der Waals surface area (Å²) in [4.78, 5) is 5.70. The van der Waals surface area contributed by atoms with Crippen molar-refractivity contribution in [2.45, 2.75) is 24.1 Å². The molecule has 1 N–H and O–H groups in total. The molecule has 0 aliphatic rings. The first kappa shape index (κ1) is 13.9. The summed E-state index contributed by atoms with van der Waals surface area (Å²) in [6.07, 6.45) is 0. The van der Waals surface area contributed by atoms with Crippen molar-refractivity contribution in [2.75, 3.05) is 6.54 Å². The molecule has 0 unspecified atom stereocenters. The highest BCUT2D eigenvalue weighted by atomic mass is 35.5. The van der Waals surface area contributed by atoms with Gasteiger partial charge in [0.25, 0.3) is 0 Å². The van der Waals surface area contributed by atoms with Crippen LogP contribution in [0, 0.1) is 0 Å². The van der Waals surface area contributed by atoms with Gasteiger partial charge >= 0.3 is 0 Å². The molecule has 0 amide bonds. The normalized spacial score (nSPS) is 10.8. The minimum atomic E-state index is 0.812. The first-order valence-electron chi connectivity index (χ1n) is 5.81. The predicted molar refractivity (Wildman–Crippen MR) is 80.5 cm³/mol. The standard InChI is InChI=1S/C13H15ClN2S2/c1-2-15-7-10-8-18-13(16-10)9-17-12-6-4-3-5-11(12)14/h3-6,8,15H,2,7,9H2,1H3. The Balaban J connectivity index is 1.90. The Morgan fingerprint density at radius 1 is 1.39 bits per heavy atom. The number of halogens is 1. The summed E-state index contributed by atoms with van der Waals surface area (Å²) in [6.45, 7) is 3.92. The number of benzene rings is 1. The molecular formula is C13H15ClN2S2. The van der Waals surface area contributed by atoms with E-state index < -0.39 is 0 Å². The fraction of sp³-hybridized carbons (Fsp3) is 0.308. The Morgan fingerprint density at radius 2 is 2.22 bits per heavy atom. The average Bonchev–Trinajstić information content (AvgIpc) is 2.83. The van der Waals surface area contributed by atoms with E-state index in [4.69, 9.17) is 11.6 Å². The highest BCUT2D eigenvalue weighted by Gasteiger charge is 2.04. The summed E-state index contributed by atoms with van der Waals surface area (Å²) in [5.41, 5.74) is 1.12. The van der Waals surface area contributed by atoms with E-state index in [1.165, 1.54) is 0 Å². The summed E-state index contributed by atoms with van der Waals surface area (Å²) in [7, 11) is 0. The molecule has 2 rings (SSSR count). The van der Waals surface area contributed by atoms with E-state index in [2.05, 4.69) is 22.6 Å². The second-order valence-electron chi connectivity index (χ2n) is 3.73. The van der Waals surface area contributed by atoms with Gasteiger partial charge in [0.2, 0.25) is 0 Å². The maximum Gasteiger partial charge on any atom is 0.103 e. The second kappa shape index (κ2) is 7.14. The smallest absolute Gasteiger partial charge is 0.103 e. The molecule has 18 heavy (non-hydrogen) atoms. The van der Waals surface area contributed by atoms with Gasteiger partial charge in [-0.3, -0.25) is 0 Å². The quantitative estimate of drug-likeness (QED) is 0.809. The van der Waals surface area contributed by atoms with Crippen LogP contribution >= 0.6 is 34.7 Å². The average molecular weight is 299 g/mol. The first-order chi connectivity index (χ1) is 8.79. The Kier molecular flexibility index (Phi) is 5.50. The highest BCUT2D eigenvalue weighted by Crippen LogP contribution is 2.30. The molecule has 2 aromatic rings. The third kappa shape index (κ3) is 3.99. The lowest BCUT2D eigenvalue weighted by Crippen LogP contribution is -2.11. The molecule has 96 valence electrons. The molecule has 0 aliphatic heterocycles. The van der Waals surface area contributed by atoms with Crippen molar-refractivity contribution < 1.29 is 0 Å². The molecule has 0 aliphatic carbocycles. The number of hydrogen-bond donors (Lipinski definition) is 1. The molecule has 0 radical (unpaired) electrons. The van der Waals surface area contributed by atoms with Gasteiger partial charge in [-0.2, -0.15) is 0 Å². The second-order valence-corrected chi connectivity index (χ2v) is 6.10. The Hall–Kier alpha value is -0.550. The zero-order valence-electron chi connectivity index (χ0n) is 10.1. The summed E-state index contributed by atoms with van der Waals surface area (Å²) in [6, 6.07) is 7.92. The van der Waals surface area contributed by atoms with Crippen LogP contribution in [0.2, 0.25) is 5.02 Å². The van der Waals surface area contributed by atoms with Crippen LogP contribution in [0.15, 0.2) is 34.5 Å². The van der Waals surface area contributed by atoms with Crippen molar-refractivity contribution in [3.05, 3.63) is 45.4 Å². The van der Waals surface area contributed by atoms with Crippen LogP contribution in [0.4, 0.5) is 0 Å². The van der Waals surface area contributed by atoms with Crippen molar-refractivity contribution in [1.82, 2.24) is 10.3 Å². The minimum absolute atomic E-state index is 0.812. The molecule has 0 spiro atoms. The Bertz CT molecular complexity index is 499. The van der Waals surface area contributed by atoms with Gasteiger partial charge in [-0.1, -0.05) is 30.7 Å². The molecule has 5 heteroatoms. The van der Waals surface area contributed by atoms with E-state index in [0.717, 1.165) is 39.5 Å². The summed E-state index contributed by atoms with van der Waals surface area (Å²) < 4.78 is 0. The Morgan fingerprint density at radius 3 is 3.00 bits per heavy atom. The molecular weight excluding hydrogens is 284 g/mol. The molecule has 1 heterocycles. The zero-order chi connectivity index (χ0) is 12.8. The molecule has 0 saturated heterocycles. The SMILES string of the molecule is CCNCc1csc(CSc2ccccc2Cl)n1. The van der Waals surface area contributed by atoms with E-state index >= 15 is 0 Å². The van der Waals surface area contributed by atoms with Crippen molar-refractivity contribution in [2.24, 2.45) is 0 Å². The van der Waals surface area contributed by atoms with E-state index in [0.29, 0.717) is 0 Å². The minimum Gasteiger partial charge on any atom is -0.311 e. The summed E-state index contributed by atoms with van der Waals surface area (Å²) >= 11 is 9.56. The van der Waals surface area contributed by atoms with E-state index in [1.807, 2.05) is 24.3 Å². The number of nitrogens with zero attached hydrogens (tertiary/aromatic N) is 1. The highest BCUT2D eigenvalue weighted by molar-refractivity contribution is 7.98. The lowest BCUT2D eigenvalue weighted by atomic mass is 10.4. The summed E-state index contributed by atoms with van der Waals surface area (Å²) in [5, 5.41) is 7.35. The van der Waals surface area contributed by atoms with Crippen molar-refractivity contribution >= 4 is 34.7 Å². The topological polar surface area (TPSA) is 24.9 Å². The number of aromatic nitrogens is 1. The van der Waals surface area contributed by atoms with Gasteiger partial charge in [0.15, 0.2) is 0 Å². The third-order valence-electron chi connectivity index (χ3n) is 2.34. The molecule has 2 nitrogen and oxygen atoms in total. The Labute approximate surface area is 121 Å². The van der Waals surface area contributed by atoms with E-state index in [1.54, 1.807) is 23.1 Å². The van der Waals surface area contributed by atoms with Gasteiger partial charge in [0.05, 0.1) is 16.5 Å². The van der Waals surface area contributed by atoms with Crippen LogP contribution < -0.4 is 5.32 Å². The third-order valence-corrected chi connectivity index (χ3v) is 4.95. The van der Waals surface area contributed by atoms with Crippen LogP contribution in [0.5, 0.6) is 0 Å². The van der Waals surface area contributed by atoms with Crippen molar-refractivity contribution in [1.29, 1.82) is 0 Å². The monoisotopic (exact) mass is 298 g/mol. The van der Waals surface area contributed by atoms with E-state index in [-0.39, 0.29) is 0 Å². The fourth-order valence-electron chi connectivity index (χ4n) is 1.45. The van der Waals surface area contributed by atoms with Crippen molar-refractivity contribution in [3.63, 3.8) is 0 Å². The maximum atomic E-state index is 6.12. The molecule has 0 saturated carbocycles. The number of hydrogen-bond acceptors (Lipinski definition) is 4. The lowest BCUT2D eigenvalue weighted by Gasteiger charge is -2.01. The van der Waals surface area contributed by atoms with E-state index in [9.17, 15) is 0 Å². The first-order valence-corrected chi connectivity index (χ1v) is 8.05. The maximum absolute atomic E-state index is 6.12. The van der Waals surface area contributed by atoms with Crippen LogP contribution in [-0.4, -0.2) is 11.5 Å². The number of rotatable bonds is 6. The van der Waals surface area contributed by atoms with Gasteiger partial charge in [0.1, 0.15) is 5.01 Å². The van der Waals surface area contributed by atoms with Gasteiger partial charge in [-0.15, -0.1) is 23.1 Å². The van der Waals surface area contributed by atoms with Gasteiger partial charge in [-0.25, -0.2) is 4.98 Å². The largest absolute Gasteiger partial charge is 0.311 e.